The van der Waals surface area contributed by atoms with Gasteiger partial charge in [-0.15, -0.1) is 11.3 Å². The number of hydrogen-bond donors (Lipinski definition) is 0. The maximum Gasteiger partial charge on any atom is 0.230 e. The molecule has 0 aliphatic carbocycles. The summed E-state index contributed by atoms with van der Waals surface area (Å²) in [7, 11) is 0. The first-order valence-electron chi connectivity index (χ1n) is 9.83. The Labute approximate surface area is 186 Å². The zero-order valence-electron chi connectivity index (χ0n) is 17.3. The van der Waals surface area contributed by atoms with Gasteiger partial charge >= 0.3 is 0 Å². The van der Waals surface area contributed by atoms with Crippen molar-refractivity contribution in [3.63, 3.8) is 0 Å². The van der Waals surface area contributed by atoms with Crippen molar-refractivity contribution in [2.45, 2.75) is 20.3 Å². The first-order chi connectivity index (χ1) is 15.4. The van der Waals surface area contributed by atoms with Crippen molar-refractivity contribution in [1.29, 1.82) is 0 Å². The van der Waals surface area contributed by atoms with Gasteiger partial charge in [0.1, 0.15) is 17.2 Å². The summed E-state index contributed by atoms with van der Waals surface area (Å²) in [6.45, 7) is 3.21. The molecule has 4 aromatic rings. The second-order valence-electron chi connectivity index (χ2n) is 6.96. The molecule has 162 valence electrons. The molecule has 2 aromatic carbocycles. The molecule has 0 bridgehead atoms. The van der Waals surface area contributed by atoms with E-state index in [-0.39, 0.29) is 22.4 Å². The van der Waals surface area contributed by atoms with Crippen molar-refractivity contribution in [3.05, 3.63) is 82.6 Å². The van der Waals surface area contributed by atoms with Crippen LogP contribution in [0, 0.1) is 11.6 Å². The van der Waals surface area contributed by atoms with Crippen molar-refractivity contribution >= 4 is 50.9 Å². The van der Waals surface area contributed by atoms with Gasteiger partial charge in [-0.1, -0.05) is 25.1 Å². The van der Waals surface area contributed by atoms with E-state index in [4.69, 9.17) is 4.42 Å². The van der Waals surface area contributed by atoms with E-state index in [1.165, 1.54) is 25.1 Å². The first kappa shape index (κ1) is 21.6. The average Bonchev–Trinajstić information content (AvgIpc) is 3.38. The molecule has 4 rings (SSSR count). The summed E-state index contributed by atoms with van der Waals surface area (Å²) < 4.78 is 33.2. The van der Waals surface area contributed by atoms with E-state index in [0.717, 1.165) is 33.3 Å². The molecule has 1 amide bonds. The third kappa shape index (κ3) is 4.09. The molecular weight excluding hydrogens is 434 g/mol. The fraction of sp³-hybridized carbons (Fsp3) is 0.125. The molecule has 0 saturated heterocycles. The molecule has 0 saturated carbocycles. The summed E-state index contributed by atoms with van der Waals surface area (Å²) in [4.78, 5) is 30.3. The number of carbonyl (C=O) groups is 2. The summed E-state index contributed by atoms with van der Waals surface area (Å²) in [6.07, 6.45) is 3.50. The number of aromatic nitrogens is 1. The van der Waals surface area contributed by atoms with Crippen LogP contribution in [-0.2, 0) is 11.2 Å². The van der Waals surface area contributed by atoms with Crippen molar-refractivity contribution in [3.8, 4) is 0 Å². The molecule has 0 fully saturated rings. The Morgan fingerprint density at radius 2 is 1.97 bits per heavy atom. The molecule has 0 radical (unpaired) electrons. The van der Waals surface area contributed by atoms with Crippen LogP contribution in [0.25, 0.3) is 17.0 Å². The number of halogens is 2. The minimum atomic E-state index is -0.875. The summed E-state index contributed by atoms with van der Waals surface area (Å²) >= 11 is 1.10. The SMILES string of the molecule is CCc1c(C(=O)/C=C/c2csc(N(C(C)=O)c3ccc(F)cc3F)n2)oc2ccccc12. The molecular formula is C24H18F2N2O3S. The zero-order valence-corrected chi connectivity index (χ0v) is 18.1. The summed E-state index contributed by atoms with van der Waals surface area (Å²) in [6, 6.07) is 10.4. The van der Waals surface area contributed by atoms with E-state index in [1.807, 2.05) is 31.2 Å². The highest BCUT2D eigenvalue weighted by molar-refractivity contribution is 7.14. The number of benzene rings is 2. The minimum Gasteiger partial charge on any atom is -0.452 e. The smallest absolute Gasteiger partial charge is 0.230 e. The molecule has 0 unspecified atom stereocenters. The maximum absolute atomic E-state index is 14.2. The second kappa shape index (κ2) is 8.84. The highest BCUT2D eigenvalue weighted by atomic mass is 32.1. The lowest BCUT2D eigenvalue weighted by molar-refractivity contribution is -0.115. The van der Waals surface area contributed by atoms with Crippen LogP contribution in [0.2, 0.25) is 0 Å². The number of anilines is 2. The first-order valence-corrected chi connectivity index (χ1v) is 10.7. The fourth-order valence-corrected chi connectivity index (χ4v) is 4.26. The van der Waals surface area contributed by atoms with Crippen LogP contribution < -0.4 is 4.90 Å². The predicted molar refractivity (Wildman–Crippen MR) is 120 cm³/mol. The van der Waals surface area contributed by atoms with E-state index < -0.39 is 17.5 Å². The molecule has 0 N–H and O–H groups in total. The number of para-hydroxylation sites is 1. The van der Waals surface area contributed by atoms with Crippen molar-refractivity contribution < 1.29 is 22.8 Å². The molecule has 0 aliphatic heterocycles. The normalized spacial score (nSPS) is 11.4. The molecule has 0 spiro atoms. The number of allylic oxidation sites excluding steroid dienone is 1. The monoisotopic (exact) mass is 452 g/mol. The van der Waals surface area contributed by atoms with E-state index in [9.17, 15) is 18.4 Å². The van der Waals surface area contributed by atoms with Gasteiger partial charge in [0.05, 0.1) is 11.4 Å². The number of rotatable bonds is 6. The maximum atomic E-state index is 14.2. The lowest BCUT2D eigenvalue weighted by Crippen LogP contribution is -2.23. The molecule has 0 atom stereocenters. The van der Waals surface area contributed by atoms with Gasteiger partial charge in [0.25, 0.3) is 0 Å². The number of ketones is 1. The summed E-state index contributed by atoms with van der Waals surface area (Å²) in [5.74, 6) is -2.13. The van der Waals surface area contributed by atoms with Crippen LogP contribution in [0.15, 0.2) is 58.3 Å². The number of hydrogen-bond acceptors (Lipinski definition) is 5. The van der Waals surface area contributed by atoms with Crippen LogP contribution in [0.3, 0.4) is 0 Å². The zero-order chi connectivity index (χ0) is 22.8. The Balaban J connectivity index is 1.61. The van der Waals surface area contributed by atoms with Crippen LogP contribution in [0.1, 0.15) is 35.7 Å². The van der Waals surface area contributed by atoms with Crippen LogP contribution in [-0.4, -0.2) is 16.7 Å². The lowest BCUT2D eigenvalue weighted by Gasteiger charge is -2.18. The lowest BCUT2D eigenvalue weighted by atomic mass is 10.1. The fourth-order valence-electron chi connectivity index (χ4n) is 3.41. The summed E-state index contributed by atoms with van der Waals surface area (Å²) in [5, 5.41) is 2.74. The topological polar surface area (TPSA) is 63.4 Å². The third-order valence-corrected chi connectivity index (χ3v) is 5.69. The number of furan rings is 1. The highest BCUT2D eigenvalue weighted by Gasteiger charge is 2.22. The molecule has 2 aromatic heterocycles. The van der Waals surface area contributed by atoms with Gasteiger partial charge in [0.2, 0.25) is 11.7 Å². The van der Waals surface area contributed by atoms with Crippen LogP contribution in [0.4, 0.5) is 19.6 Å². The summed E-state index contributed by atoms with van der Waals surface area (Å²) in [5.41, 5.74) is 1.80. The number of amides is 1. The van der Waals surface area contributed by atoms with Crippen LogP contribution in [0.5, 0.6) is 0 Å². The van der Waals surface area contributed by atoms with Gasteiger partial charge in [0.15, 0.2) is 10.9 Å². The number of carbonyl (C=O) groups excluding carboxylic acids is 2. The molecule has 5 nitrogen and oxygen atoms in total. The van der Waals surface area contributed by atoms with E-state index in [1.54, 1.807) is 5.38 Å². The molecule has 32 heavy (non-hydrogen) atoms. The predicted octanol–water partition coefficient (Wildman–Crippen LogP) is 6.31. The Kier molecular flexibility index (Phi) is 5.96. The van der Waals surface area contributed by atoms with Gasteiger partial charge in [-0.2, -0.15) is 0 Å². The van der Waals surface area contributed by atoms with E-state index in [2.05, 4.69) is 4.98 Å². The Hall–Kier alpha value is -3.65. The highest BCUT2D eigenvalue weighted by Crippen LogP contribution is 2.32. The largest absolute Gasteiger partial charge is 0.452 e. The van der Waals surface area contributed by atoms with Crippen molar-refractivity contribution in [2.24, 2.45) is 0 Å². The number of thiazole rings is 1. The van der Waals surface area contributed by atoms with E-state index in [0.29, 0.717) is 23.8 Å². The van der Waals surface area contributed by atoms with Crippen molar-refractivity contribution in [1.82, 2.24) is 4.98 Å². The number of fused-ring (bicyclic) bond motifs is 1. The molecule has 8 heteroatoms. The quantitative estimate of drug-likeness (QED) is 0.254. The van der Waals surface area contributed by atoms with Crippen molar-refractivity contribution in [2.75, 3.05) is 4.90 Å². The Morgan fingerprint density at radius 1 is 1.19 bits per heavy atom. The second-order valence-corrected chi connectivity index (χ2v) is 7.80. The molecule has 2 heterocycles. The Morgan fingerprint density at radius 3 is 2.69 bits per heavy atom. The van der Waals surface area contributed by atoms with Gasteiger partial charge < -0.3 is 4.42 Å². The number of nitrogens with zero attached hydrogens (tertiary/aromatic N) is 2. The Bertz CT molecular complexity index is 1360. The van der Waals surface area contributed by atoms with Crippen LogP contribution >= 0.6 is 11.3 Å². The average molecular weight is 452 g/mol. The third-order valence-electron chi connectivity index (χ3n) is 4.85. The minimum absolute atomic E-state index is 0.102. The van der Waals surface area contributed by atoms with Gasteiger partial charge in [-0.3, -0.25) is 14.5 Å². The van der Waals surface area contributed by atoms with Gasteiger partial charge in [-0.05, 0) is 36.8 Å². The van der Waals surface area contributed by atoms with E-state index >= 15 is 0 Å². The standard InChI is InChI=1S/C24H18F2N2O3S/c1-3-17-18-6-4-5-7-22(18)31-23(17)21(30)11-9-16-13-32-24(27-16)28(14(2)29)20-10-8-15(25)12-19(20)26/h4-13H,3H2,1-2H3/b11-9+. The van der Waals surface area contributed by atoms with Gasteiger partial charge in [0, 0.05) is 29.3 Å². The number of aryl methyl sites for hydroxylation is 1. The molecule has 0 aliphatic rings. The van der Waals surface area contributed by atoms with Gasteiger partial charge in [-0.25, -0.2) is 13.8 Å².